The van der Waals surface area contributed by atoms with Gasteiger partial charge in [0.15, 0.2) is 0 Å². The largest absolute Gasteiger partial charge is 0.489 e. The van der Waals surface area contributed by atoms with E-state index in [4.69, 9.17) is 26.0 Å². The molecule has 0 radical (unpaired) electrons. The minimum absolute atomic E-state index is 0.0670. The molecule has 2 N–H and O–H groups in total. The van der Waals surface area contributed by atoms with E-state index in [2.05, 4.69) is 15.5 Å². The predicted octanol–water partition coefficient (Wildman–Crippen LogP) is 6.53. The standard InChI is InChI=1S/C24H23ClF3N3O4/c1-12(2)34-20-8-5-13(11-18(20)25)21-30-22(35-31-21)14-4-7-19(17(10-14)24(26,27)28)29-16-6-3-15(9-16)23(32)33/h4-5,7-8,10-12,15-16,29H,3,6,9H2,1-2H3,(H,32,33). The van der Waals surface area contributed by atoms with Crippen molar-refractivity contribution in [1.29, 1.82) is 0 Å². The van der Waals surface area contributed by atoms with Crippen molar-refractivity contribution < 1.29 is 32.3 Å². The third-order valence-corrected chi connectivity index (χ3v) is 5.99. The zero-order chi connectivity index (χ0) is 25.3. The molecule has 11 heteroatoms. The van der Waals surface area contributed by atoms with Gasteiger partial charge in [0.25, 0.3) is 5.89 Å². The lowest BCUT2D eigenvalue weighted by atomic mass is 10.1. The van der Waals surface area contributed by atoms with E-state index < -0.39 is 23.6 Å². The summed E-state index contributed by atoms with van der Waals surface area (Å²) in [6, 6.07) is 8.26. The summed E-state index contributed by atoms with van der Waals surface area (Å²) in [7, 11) is 0. The lowest BCUT2D eigenvalue weighted by molar-refractivity contribution is -0.141. The highest BCUT2D eigenvalue weighted by molar-refractivity contribution is 6.32. The number of ether oxygens (including phenoxy) is 1. The first-order chi connectivity index (χ1) is 16.5. The van der Waals surface area contributed by atoms with Crippen molar-refractivity contribution >= 4 is 23.3 Å². The molecule has 4 rings (SSSR count). The maximum atomic E-state index is 13.8. The number of carbonyl (C=O) groups is 1. The molecular formula is C24H23ClF3N3O4. The maximum absolute atomic E-state index is 13.8. The second-order valence-corrected chi connectivity index (χ2v) is 9.09. The fourth-order valence-corrected chi connectivity index (χ4v) is 4.27. The van der Waals surface area contributed by atoms with E-state index in [9.17, 15) is 18.0 Å². The Morgan fingerprint density at radius 1 is 1.20 bits per heavy atom. The summed E-state index contributed by atoms with van der Waals surface area (Å²) in [5.41, 5.74) is -0.400. The van der Waals surface area contributed by atoms with Crippen molar-refractivity contribution in [2.24, 2.45) is 5.92 Å². The predicted molar refractivity (Wildman–Crippen MR) is 123 cm³/mol. The minimum atomic E-state index is -4.65. The van der Waals surface area contributed by atoms with Crippen LogP contribution in [0.15, 0.2) is 40.9 Å². The topological polar surface area (TPSA) is 97.5 Å². The summed E-state index contributed by atoms with van der Waals surface area (Å²) in [5, 5.41) is 16.2. The fraction of sp³-hybridized carbons (Fsp3) is 0.375. The molecule has 1 aliphatic carbocycles. The first-order valence-electron chi connectivity index (χ1n) is 11.0. The summed E-state index contributed by atoms with van der Waals surface area (Å²) < 4.78 is 52.3. The number of hydrogen-bond acceptors (Lipinski definition) is 6. The molecule has 0 amide bonds. The third-order valence-electron chi connectivity index (χ3n) is 5.69. The molecule has 2 aromatic carbocycles. The van der Waals surface area contributed by atoms with Crippen LogP contribution in [0, 0.1) is 5.92 Å². The molecule has 2 atom stereocenters. The summed E-state index contributed by atoms with van der Waals surface area (Å²) in [4.78, 5) is 15.4. The molecule has 1 heterocycles. The van der Waals surface area contributed by atoms with Gasteiger partial charge in [0.2, 0.25) is 5.82 Å². The minimum Gasteiger partial charge on any atom is -0.489 e. The molecule has 7 nitrogen and oxygen atoms in total. The molecule has 1 fully saturated rings. The molecule has 0 spiro atoms. The van der Waals surface area contributed by atoms with E-state index in [0.717, 1.165) is 6.07 Å². The number of halogens is 4. The van der Waals surface area contributed by atoms with E-state index >= 15 is 0 Å². The van der Waals surface area contributed by atoms with Gasteiger partial charge in [-0.2, -0.15) is 18.2 Å². The number of rotatable bonds is 7. The first-order valence-corrected chi connectivity index (χ1v) is 11.4. The van der Waals surface area contributed by atoms with Crippen molar-refractivity contribution in [3.8, 4) is 28.6 Å². The number of carboxylic acids is 1. The van der Waals surface area contributed by atoms with E-state index in [1.807, 2.05) is 13.8 Å². The van der Waals surface area contributed by atoms with Gasteiger partial charge >= 0.3 is 12.1 Å². The number of carboxylic acid groups (broad SMARTS) is 1. The summed E-state index contributed by atoms with van der Waals surface area (Å²) in [6.45, 7) is 3.73. The van der Waals surface area contributed by atoms with Crippen molar-refractivity contribution in [2.75, 3.05) is 5.32 Å². The van der Waals surface area contributed by atoms with Crippen LogP contribution in [0.3, 0.4) is 0 Å². The third kappa shape index (κ3) is 5.70. The SMILES string of the molecule is CC(C)Oc1ccc(-c2noc(-c3ccc(NC4CCC(C(=O)O)C4)c(C(F)(F)F)c3)n2)cc1Cl. The van der Waals surface area contributed by atoms with Gasteiger partial charge in [-0.25, -0.2) is 0 Å². The Morgan fingerprint density at radius 2 is 1.94 bits per heavy atom. The molecule has 3 aromatic rings. The van der Waals surface area contributed by atoms with Gasteiger partial charge in [0.1, 0.15) is 5.75 Å². The molecule has 35 heavy (non-hydrogen) atoms. The molecule has 1 saturated carbocycles. The van der Waals surface area contributed by atoms with E-state index in [-0.39, 0.29) is 41.5 Å². The van der Waals surface area contributed by atoms with E-state index in [1.54, 1.807) is 18.2 Å². The number of nitrogens with zero attached hydrogens (tertiary/aromatic N) is 2. The lowest BCUT2D eigenvalue weighted by Gasteiger charge is -2.19. The van der Waals surface area contributed by atoms with Crippen molar-refractivity contribution in [2.45, 2.75) is 51.4 Å². The van der Waals surface area contributed by atoms with Crippen LogP contribution in [0.4, 0.5) is 18.9 Å². The van der Waals surface area contributed by atoms with Crippen LogP contribution < -0.4 is 10.1 Å². The van der Waals surface area contributed by atoms with Crippen LogP contribution in [0.25, 0.3) is 22.8 Å². The Morgan fingerprint density at radius 3 is 2.57 bits per heavy atom. The van der Waals surface area contributed by atoms with Gasteiger partial charge in [0.05, 0.1) is 22.6 Å². The zero-order valence-electron chi connectivity index (χ0n) is 18.9. The van der Waals surface area contributed by atoms with Gasteiger partial charge in [-0.05, 0) is 69.5 Å². The van der Waals surface area contributed by atoms with Crippen molar-refractivity contribution in [1.82, 2.24) is 10.1 Å². The van der Waals surface area contributed by atoms with Crippen LogP contribution >= 0.6 is 11.6 Å². The maximum Gasteiger partial charge on any atom is 0.418 e. The van der Waals surface area contributed by atoms with Crippen molar-refractivity contribution in [3.63, 3.8) is 0 Å². The van der Waals surface area contributed by atoms with Crippen LogP contribution in [-0.4, -0.2) is 33.4 Å². The fourth-order valence-electron chi connectivity index (χ4n) is 4.04. The van der Waals surface area contributed by atoms with Crippen molar-refractivity contribution in [3.05, 3.63) is 47.0 Å². The quantitative estimate of drug-likeness (QED) is 0.373. The molecule has 1 aliphatic rings. The molecule has 0 aliphatic heterocycles. The molecule has 1 aromatic heterocycles. The molecule has 186 valence electrons. The van der Waals surface area contributed by atoms with Crippen LogP contribution in [-0.2, 0) is 11.0 Å². The zero-order valence-corrected chi connectivity index (χ0v) is 19.7. The number of anilines is 1. The number of nitrogens with one attached hydrogen (secondary N) is 1. The Hall–Kier alpha value is -3.27. The average molecular weight is 510 g/mol. The summed E-state index contributed by atoms with van der Waals surface area (Å²) in [6.07, 6.45) is -3.54. The van der Waals surface area contributed by atoms with E-state index in [0.29, 0.717) is 29.2 Å². The van der Waals surface area contributed by atoms with Crippen LogP contribution in [0.2, 0.25) is 5.02 Å². The number of benzene rings is 2. The highest BCUT2D eigenvalue weighted by atomic mass is 35.5. The first kappa shape index (κ1) is 24.8. The smallest absolute Gasteiger partial charge is 0.418 e. The van der Waals surface area contributed by atoms with Gasteiger partial charge in [-0.1, -0.05) is 16.8 Å². The van der Waals surface area contributed by atoms with Crippen LogP contribution in [0.1, 0.15) is 38.7 Å². The summed E-state index contributed by atoms with van der Waals surface area (Å²) >= 11 is 6.26. The number of alkyl halides is 3. The monoisotopic (exact) mass is 509 g/mol. The number of aromatic nitrogens is 2. The Balaban J connectivity index is 1.58. The van der Waals surface area contributed by atoms with Gasteiger partial charge in [-0.3, -0.25) is 4.79 Å². The Kier molecular flexibility index (Phi) is 6.93. The lowest BCUT2D eigenvalue weighted by Crippen LogP contribution is -2.20. The van der Waals surface area contributed by atoms with Gasteiger partial charge in [0, 0.05) is 22.9 Å². The molecule has 0 saturated heterocycles. The number of aliphatic carboxylic acids is 1. The highest BCUT2D eigenvalue weighted by Gasteiger charge is 2.36. The highest BCUT2D eigenvalue weighted by Crippen LogP contribution is 2.39. The van der Waals surface area contributed by atoms with E-state index in [1.165, 1.54) is 12.1 Å². The average Bonchev–Trinajstić information content (AvgIpc) is 3.45. The van der Waals surface area contributed by atoms with Gasteiger partial charge in [-0.15, -0.1) is 0 Å². The Labute approximate surface area is 204 Å². The number of hydrogen-bond donors (Lipinski definition) is 2. The Bertz CT molecular complexity index is 1230. The second kappa shape index (κ2) is 9.77. The summed E-state index contributed by atoms with van der Waals surface area (Å²) in [5.74, 6) is -0.917. The normalized spacial score (nSPS) is 18.1. The molecular weight excluding hydrogens is 487 g/mol. The second-order valence-electron chi connectivity index (χ2n) is 8.68. The van der Waals surface area contributed by atoms with Crippen LogP contribution in [0.5, 0.6) is 5.75 Å². The molecule has 0 bridgehead atoms. The molecule has 2 unspecified atom stereocenters. The van der Waals surface area contributed by atoms with Gasteiger partial charge < -0.3 is 19.7 Å².